The van der Waals surface area contributed by atoms with Gasteiger partial charge >= 0.3 is 5.97 Å². The van der Waals surface area contributed by atoms with Crippen molar-refractivity contribution in [1.82, 2.24) is 5.32 Å². The Balaban J connectivity index is 1.72. The third-order valence-electron chi connectivity index (χ3n) is 6.36. The number of amides is 1. The van der Waals surface area contributed by atoms with Gasteiger partial charge in [-0.25, -0.2) is 4.79 Å². The number of ether oxygens (including phenoxy) is 3. The molecule has 1 aliphatic rings. The van der Waals surface area contributed by atoms with Crippen LogP contribution < -0.4 is 20.1 Å². The Kier molecular flexibility index (Phi) is 11.4. The molecule has 9 heteroatoms. The molecule has 37 heavy (non-hydrogen) atoms. The lowest BCUT2D eigenvalue weighted by atomic mass is 9.97. The van der Waals surface area contributed by atoms with Crippen molar-refractivity contribution < 1.29 is 23.8 Å². The van der Waals surface area contributed by atoms with Crippen molar-refractivity contribution in [3.8, 4) is 11.5 Å². The topological polar surface area (TPSA) is 85.9 Å². The van der Waals surface area contributed by atoms with Crippen molar-refractivity contribution >= 4 is 51.6 Å². The molecule has 1 aromatic carbocycles. The standard InChI is InChI=1S/C28H36N2O5S2/c1-33-21-16-14-19(18-22(21)34-2)15-17-24(31)29-28(36)30-26-25(27(32)35-3)20-12-10-8-6-4-5-7-9-11-13-23(20)37-26/h14-18H,4-13H2,1-3H3,(H2,29,30,31,36). The average molecular weight is 545 g/mol. The van der Waals surface area contributed by atoms with Crippen LogP contribution in [0.5, 0.6) is 11.5 Å². The molecule has 0 bridgehead atoms. The number of nitrogens with one attached hydrogen (secondary N) is 2. The number of hydrogen-bond acceptors (Lipinski definition) is 7. The minimum atomic E-state index is -0.387. The van der Waals surface area contributed by atoms with Gasteiger partial charge in [0.05, 0.1) is 26.9 Å². The molecule has 1 aromatic heterocycles. The van der Waals surface area contributed by atoms with Gasteiger partial charge in [-0.3, -0.25) is 10.1 Å². The summed E-state index contributed by atoms with van der Waals surface area (Å²) < 4.78 is 15.7. The monoisotopic (exact) mass is 544 g/mol. The van der Waals surface area contributed by atoms with Gasteiger partial charge in [-0.05, 0) is 67.2 Å². The zero-order valence-corrected chi connectivity index (χ0v) is 23.4. The van der Waals surface area contributed by atoms with Gasteiger partial charge in [0.2, 0.25) is 5.91 Å². The lowest BCUT2D eigenvalue weighted by molar-refractivity contribution is -0.115. The molecule has 0 spiro atoms. The Hall–Kier alpha value is -2.91. The molecule has 2 aromatic rings. The lowest BCUT2D eigenvalue weighted by Crippen LogP contribution is -2.33. The fourth-order valence-corrected chi connectivity index (χ4v) is 6.00. The summed E-state index contributed by atoms with van der Waals surface area (Å²) in [6.45, 7) is 0. The number of aryl methyl sites for hydroxylation is 1. The summed E-state index contributed by atoms with van der Waals surface area (Å²) in [6, 6.07) is 5.37. The summed E-state index contributed by atoms with van der Waals surface area (Å²) >= 11 is 6.95. The number of benzene rings is 1. The largest absolute Gasteiger partial charge is 0.493 e. The van der Waals surface area contributed by atoms with Crippen LogP contribution in [-0.4, -0.2) is 38.3 Å². The van der Waals surface area contributed by atoms with Crippen LogP contribution in [0.2, 0.25) is 0 Å². The summed E-state index contributed by atoms with van der Waals surface area (Å²) in [4.78, 5) is 26.5. The highest BCUT2D eigenvalue weighted by Crippen LogP contribution is 2.37. The molecule has 1 aliphatic carbocycles. The minimum Gasteiger partial charge on any atom is -0.493 e. The van der Waals surface area contributed by atoms with Crippen LogP contribution in [-0.2, 0) is 22.4 Å². The van der Waals surface area contributed by atoms with Crippen LogP contribution in [0.4, 0.5) is 5.00 Å². The number of anilines is 1. The SMILES string of the molecule is COC(=O)c1c(NC(=S)NC(=O)C=Cc2ccc(OC)c(OC)c2)sc2c1CCCCCCCCCC2. The van der Waals surface area contributed by atoms with E-state index in [-0.39, 0.29) is 17.0 Å². The van der Waals surface area contributed by atoms with Crippen LogP contribution in [0.1, 0.15) is 77.7 Å². The molecular formula is C28H36N2O5S2. The fourth-order valence-electron chi connectivity index (χ4n) is 4.45. The zero-order valence-electron chi connectivity index (χ0n) is 21.8. The van der Waals surface area contributed by atoms with Crippen molar-refractivity contribution in [1.29, 1.82) is 0 Å². The Labute approximate surface area is 228 Å². The van der Waals surface area contributed by atoms with Gasteiger partial charge in [-0.2, -0.15) is 0 Å². The second kappa shape index (κ2) is 14.7. The van der Waals surface area contributed by atoms with Gasteiger partial charge in [0.1, 0.15) is 5.00 Å². The van der Waals surface area contributed by atoms with Crippen molar-refractivity contribution in [3.05, 3.63) is 45.8 Å². The quantitative estimate of drug-likeness (QED) is 0.251. The number of methoxy groups -OCH3 is 3. The number of fused-ring (bicyclic) bond motifs is 1. The molecule has 0 saturated carbocycles. The first-order valence-electron chi connectivity index (χ1n) is 12.7. The van der Waals surface area contributed by atoms with Crippen LogP contribution in [0.3, 0.4) is 0 Å². The molecule has 1 heterocycles. The predicted molar refractivity (Wildman–Crippen MR) is 153 cm³/mol. The average Bonchev–Trinajstić information content (AvgIpc) is 3.22. The van der Waals surface area contributed by atoms with Gasteiger partial charge in [0, 0.05) is 11.0 Å². The van der Waals surface area contributed by atoms with E-state index in [0.717, 1.165) is 43.2 Å². The highest BCUT2D eigenvalue weighted by Gasteiger charge is 2.25. The number of thiophene rings is 1. The Bertz CT molecular complexity index is 1130. The molecule has 0 fully saturated rings. The van der Waals surface area contributed by atoms with Crippen molar-refractivity contribution in [2.75, 3.05) is 26.6 Å². The van der Waals surface area contributed by atoms with Crippen LogP contribution in [0, 0.1) is 0 Å². The maximum atomic E-state index is 12.8. The third kappa shape index (κ3) is 8.30. The Morgan fingerprint density at radius 3 is 2.22 bits per heavy atom. The molecule has 0 aliphatic heterocycles. The number of carbonyl (C=O) groups is 2. The van der Waals surface area contributed by atoms with E-state index in [1.54, 1.807) is 32.4 Å². The summed E-state index contributed by atoms with van der Waals surface area (Å²) in [5.41, 5.74) is 2.37. The summed E-state index contributed by atoms with van der Waals surface area (Å²) in [6.07, 6.45) is 14.3. The highest BCUT2D eigenvalue weighted by atomic mass is 32.1. The van der Waals surface area contributed by atoms with E-state index in [9.17, 15) is 9.59 Å². The maximum Gasteiger partial charge on any atom is 0.341 e. The summed E-state index contributed by atoms with van der Waals surface area (Å²) in [5, 5.41) is 6.51. The molecule has 0 radical (unpaired) electrons. The van der Waals surface area contributed by atoms with Gasteiger partial charge in [-0.1, -0.05) is 44.6 Å². The molecule has 0 saturated heterocycles. The van der Waals surface area contributed by atoms with Crippen LogP contribution >= 0.6 is 23.6 Å². The first-order chi connectivity index (χ1) is 18.0. The number of rotatable bonds is 6. The molecule has 2 N–H and O–H groups in total. The van der Waals surface area contributed by atoms with E-state index in [1.807, 2.05) is 6.07 Å². The predicted octanol–water partition coefficient (Wildman–Crippen LogP) is 6.30. The molecule has 200 valence electrons. The number of esters is 1. The van der Waals surface area contributed by atoms with Gasteiger partial charge in [0.15, 0.2) is 16.6 Å². The second-order valence-corrected chi connectivity index (χ2v) is 10.4. The fraction of sp³-hybridized carbons (Fsp3) is 0.464. The third-order valence-corrected chi connectivity index (χ3v) is 7.77. The molecule has 0 atom stereocenters. The molecule has 0 unspecified atom stereocenters. The summed E-state index contributed by atoms with van der Waals surface area (Å²) in [5.74, 6) is 0.415. The molecule has 1 amide bonds. The Morgan fingerprint density at radius 1 is 0.919 bits per heavy atom. The van der Waals surface area contributed by atoms with Crippen molar-refractivity contribution in [3.63, 3.8) is 0 Å². The number of hydrogen-bond donors (Lipinski definition) is 2. The van der Waals surface area contributed by atoms with Crippen molar-refractivity contribution in [2.24, 2.45) is 0 Å². The maximum absolute atomic E-state index is 12.8. The minimum absolute atomic E-state index is 0.129. The number of thiocarbonyl (C=S) groups is 1. The second-order valence-electron chi connectivity index (χ2n) is 8.92. The van der Waals surface area contributed by atoms with E-state index >= 15 is 0 Å². The number of carbonyl (C=O) groups excluding carboxylic acids is 2. The van der Waals surface area contributed by atoms with E-state index in [2.05, 4.69) is 10.6 Å². The zero-order chi connectivity index (χ0) is 26.6. The smallest absolute Gasteiger partial charge is 0.341 e. The molecular weight excluding hydrogens is 508 g/mol. The normalized spacial score (nSPS) is 14.6. The van der Waals surface area contributed by atoms with E-state index < -0.39 is 0 Å². The highest BCUT2D eigenvalue weighted by molar-refractivity contribution is 7.80. The summed E-state index contributed by atoms with van der Waals surface area (Å²) in [7, 11) is 4.52. The first kappa shape index (κ1) is 28.7. The van der Waals surface area contributed by atoms with Gasteiger partial charge < -0.3 is 19.5 Å². The van der Waals surface area contributed by atoms with Crippen LogP contribution in [0.25, 0.3) is 6.08 Å². The van der Waals surface area contributed by atoms with E-state index in [0.29, 0.717) is 22.1 Å². The van der Waals surface area contributed by atoms with Gasteiger partial charge in [0.25, 0.3) is 0 Å². The van der Waals surface area contributed by atoms with Crippen LogP contribution in [0.15, 0.2) is 24.3 Å². The van der Waals surface area contributed by atoms with E-state index in [4.69, 9.17) is 26.4 Å². The molecule has 7 nitrogen and oxygen atoms in total. The van der Waals surface area contributed by atoms with E-state index in [1.165, 1.54) is 61.5 Å². The Morgan fingerprint density at radius 2 is 1.57 bits per heavy atom. The molecule has 3 rings (SSSR count). The van der Waals surface area contributed by atoms with Crippen molar-refractivity contribution in [2.45, 2.75) is 64.2 Å². The van der Waals surface area contributed by atoms with Gasteiger partial charge in [-0.15, -0.1) is 11.3 Å². The first-order valence-corrected chi connectivity index (χ1v) is 13.9. The lowest BCUT2D eigenvalue weighted by Gasteiger charge is -2.11.